The van der Waals surface area contributed by atoms with Crippen molar-refractivity contribution in [2.75, 3.05) is 13.1 Å². The van der Waals surface area contributed by atoms with Gasteiger partial charge in [-0.3, -0.25) is 18.9 Å². The predicted molar refractivity (Wildman–Crippen MR) is 159 cm³/mol. The lowest BCUT2D eigenvalue weighted by Crippen LogP contribution is -2.83. The number of hydrazone groups is 1. The monoisotopic (exact) mass is 541 g/mol. The Morgan fingerprint density at radius 1 is 1.28 bits per heavy atom. The molecule has 1 aromatic rings. The minimum atomic E-state index is -0.317. The van der Waals surface area contributed by atoms with Crippen LogP contribution in [0.25, 0.3) is 6.08 Å². The minimum absolute atomic E-state index is 0.0759. The summed E-state index contributed by atoms with van der Waals surface area (Å²) in [6, 6.07) is 4.00. The number of carbonyl (C=O) groups excluding carboxylic acids is 2. The first-order chi connectivity index (χ1) is 18.6. The Bertz CT molecular complexity index is 1060. The Morgan fingerprint density at radius 3 is 2.72 bits per heavy atom. The van der Waals surface area contributed by atoms with Gasteiger partial charge in [0.1, 0.15) is 5.70 Å². The number of aromatic nitrogens is 1. The van der Waals surface area contributed by atoms with Crippen LogP contribution in [0.5, 0.6) is 0 Å². The molecule has 9 nitrogen and oxygen atoms in total. The van der Waals surface area contributed by atoms with E-state index in [1.807, 2.05) is 45.9 Å². The number of carbonyl (C=O) groups is 2. The molecule has 213 valence electrons. The van der Waals surface area contributed by atoms with Crippen molar-refractivity contribution >= 4 is 37.5 Å². The van der Waals surface area contributed by atoms with Crippen molar-refractivity contribution in [1.29, 1.82) is 0 Å². The third-order valence-corrected chi connectivity index (χ3v) is 6.18. The van der Waals surface area contributed by atoms with Crippen LogP contribution in [0.1, 0.15) is 78.1 Å². The normalized spacial score (nSPS) is 13.3. The van der Waals surface area contributed by atoms with E-state index in [-0.39, 0.29) is 17.2 Å². The van der Waals surface area contributed by atoms with E-state index in [0.717, 1.165) is 48.3 Å². The van der Waals surface area contributed by atoms with E-state index in [1.54, 1.807) is 6.21 Å². The van der Waals surface area contributed by atoms with Crippen molar-refractivity contribution in [2.45, 2.75) is 73.1 Å². The highest BCUT2D eigenvalue weighted by atomic mass is 19.1. The van der Waals surface area contributed by atoms with Crippen molar-refractivity contribution in [3.05, 3.63) is 53.1 Å². The molecule has 0 aromatic carbocycles. The van der Waals surface area contributed by atoms with E-state index in [1.165, 1.54) is 17.5 Å². The molecular weight excluding hydrogens is 496 g/mol. The van der Waals surface area contributed by atoms with Gasteiger partial charge in [0, 0.05) is 67.5 Å². The number of aliphatic imine (C=N–C) groups is 1. The molecule has 0 aliphatic rings. The van der Waals surface area contributed by atoms with Crippen molar-refractivity contribution in [3.63, 3.8) is 0 Å². The summed E-state index contributed by atoms with van der Waals surface area (Å²) in [5.41, 5.74) is 4.35. The second kappa shape index (κ2) is 18.7. The van der Waals surface area contributed by atoms with Gasteiger partial charge in [0.15, 0.2) is 0 Å². The lowest BCUT2D eigenvalue weighted by atomic mass is 9.86. The highest BCUT2D eigenvalue weighted by molar-refractivity contribution is 6.30. The molecule has 11 heteroatoms. The Balaban J connectivity index is 2.39. The number of quaternary nitrogens is 1. The molecule has 0 atom stereocenters. The number of H-pyrrole nitrogens is 1. The minimum Gasteiger partial charge on any atom is -0.359 e. The van der Waals surface area contributed by atoms with Crippen LogP contribution in [-0.2, 0) is 16.0 Å². The lowest BCUT2D eigenvalue weighted by molar-refractivity contribution is -0.459. The lowest BCUT2D eigenvalue weighted by Gasteiger charge is -2.20. The van der Waals surface area contributed by atoms with E-state index < -0.39 is 0 Å². The quantitative estimate of drug-likeness (QED) is 0.0371. The summed E-state index contributed by atoms with van der Waals surface area (Å²) in [4.78, 5) is 31.6. The highest BCUT2D eigenvalue weighted by Gasteiger charge is 2.18. The molecule has 0 saturated heterocycles. The molecular formula is C28H45BFN7O2+. The van der Waals surface area contributed by atoms with Gasteiger partial charge in [-0.05, 0) is 43.7 Å². The van der Waals surface area contributed by atoms with E-state index in [2.05, 4.69) is 38.7 Å². The average molecular weight is 542 g/mol. The molecule has 0 fully saturated rings. The summed E-state index contributed by atoms with van der Waals surface area (Å²) in [5, 5.41) is 10.5. The number of aryl methyl sites for hydroxylation is 1. The number of hydrogen-bond acceptors (Lipinski definition) is 5. The van der Waals surface area contributed by atoms with Gasteiger partial charge in [0.05, 0.1) is 5.71 Å². The van der Waals surface area contributed by atoms with E-state index in [9.17, 15) is 13.9 Å². The van der Waals surface area contributed by atoms with Gasteiger partial charge in [-0.2, -0.15) is 5.10 Å². The van der Waals surface area contributed by atoms with Crippen LogP contribution in [0.3, 0.4) is 0 Å². The first-order valence-corrected chi connectivity index (χ1v) is 13.5. The first-order valence-electron chi connectivity index (χ1n) is 13.5. The van der Waals surface area contributed by atoms with Gasteiger partial charge in [0.25, 0.3) is 0 Å². The van der Waals surface area contributed by atoms with Crippen LogP contribution in [0.4, 0.5) is 4.32 Å². The number of halogens is 1. The van der Waals surface area contributed by atoms with Gasteiger partial charge < -0.3 is 26.7 Å². The molecule has 0 spiro atoms. The van der Waals surface area contributed by atoms with Gasteiger partial charge in [-0.25, -0.2) is 0 Å². The van der Waals surface area contributed by atoms with E-state index in [0.29, 0.717) is 39.3 Å². The van der Waals surface area contributed by atoms with Gasteiger partial charge in [-0.1, -0.05) is 40.2 Å². The smallest absolute Gasteiger partial charge is 0.359 e. The van der Waals surface area contributed by atoms with Gasteiger partial charge in [-0.15, -0.1) is 0 Å². The number of aromatic amines is 1. The molecule has 2 amide bonds. The maximum Gasteiger partial charge on any atom is 0.695 e. The fourth-order valence-corrected chi connectivity index (χ4v) is 3.53. The number of hydrogen-bond donors (Lipinski definition) is 5. The first kappa shape index (κ1) is 33.6. The summed E-state index contributed by atoms with van der Waals surface area (Å²) in [7, 11) is 0.558. The molecule has 39 heavy (non-hydrogen) atoms. The van der Waals surface area contributed by atoms with Crippen LogP contribution in [0.2, 0.25) is 0 Å². The van der Waals surface area contributed by atoms with Crippen molar-refractivity contribution in [2.24, 2.45) is 21.4 Å². The van der Waals surface area contributed by atoms with Gasteiger partial charge >= 0.3 is 7.69 Å². The summed E-state index contributed by atoms with van der Waals surface area (Å²) >= 11 is 0. The van der Waals surface area contributed by atoms with E-state index >= 15 is 0 Å². The molecule has 1 heterocycles. The fraction of sp³-hybridized carbons (Fsp3) is 0.500. The Kier molecular flexibility index (Phi) is 16.1. The second-order valence-electron chi connectivity index (χ2n) is 10.0. The third-order valence-electron chi connectivity index (χ3n) is 6.18. The maximum atomic E-state index is 12.8. The zero-order chi connectivity index (χ0) is 29.1. The number of allylic oxidation sites excluding steroid dienone is 2. The summed E-state index contributed by atoms with van der Waals surface area (Å²) in [5.74, 6) is 5.02. The molecule has 0 aliphatic heterocycles. The largest absolute Gasteiger partial charge is 0.695 e. The number of nitrogens with zero attached hydrogens (tertiary/aromatic N) is 2. The number of nitrogens with one attached hydrogen (secondary N) is 3. The Hall–Kier alpha value is -3.47. The molecule has 0 bridgehead atoms. The molecule has 1 radical (unpaired) electrons. The molecule has 1 rings (SSSR count). The van der Waals surface area contributed by atoms with Crippen LogP contribution in [0, 0.1) is 5.41 Å². The standard InChI is InChI=1S/C28H45BFN7O2/c1-6-9-21(3)25(36-29-30)18-23-12-11-22(35-23)10-8-15-32-20-24(37-31)13-16-33-26(38)14-17-34-27(39)19-28(4,5)7-2/h9,11-12,14,17-18,20,35H,6-8,10,13,15-16,19,31,36H2,1-5H3,(H,33,38)(H,34,39)/q+1/b17-14+,21-9-,25-18-,32-20?,37-24-. The number of nitrogens with two attached hydrogens (primary N) is 2. The zero-order valence-electron chi connectivity index (χ0n) is 24.0. The fourth-order valence-electron chi connectivity index (χ4n) is 3.53. The molecule has 0 unspecified atom stereocenters. The summed E-state index contributed by atoms with van der Waals surface area (Å²) in [6.45, 7) is 11.1. The number of rotatable bonds is 18. The Morgan fingerprint density at radius 2 is 2.05 bits per heavy atom. The molecule has 0 aliphatic carbocycles. The van der Waals surface area contributed by atoms with Crippen LogP contribution in [-0.4, -0.2) is 49.5 Å². The second-order valence-corrected chi connectivity index (χ2v) is 10.0. The SMILES string of the molecule is CC/C=C(C)\C(=C\c1ccc(CCCN=C/C(CCNC(=O)/C=C/NC(=O)CC(C)(C)CC)=N\N)[nH]1)[NH2+][B]F. The molecule has 7 N–H and O–H groups in total. The average Bonchev–Trinajstić information content (AvgIpc) is 3.34. The van der Waals surface area contributed by atoms with Gasteiger partial charge in [0.2, 0.25) is 11.8 Å². The molecule has 1 aromatic heterocycles. The number of amides is 2. The third kappa shape index (κ3) is 14.9. The molecule has 0 saturated carbocycles. The van der Waals surface area contributed by atoms with Crippen molar-refractivity contribution in [3.8, 4) is 0 Å². The maximum absolute atomic E-state index is 12.8. The van der Waals surface area contributed by atoms with Crippen LogP contribution < -0.4 is 21.7 Å². The van der Waals surface area contributed by atoms with Crippen LogP contribution in [0.15, 0.2) is 51.8 Å². The zero-order valence-corrected chi connectivity index (χ0v) is 24.0. The van der Waals surface area contributed by atoms with Crippen molar-refractivity contribution in [1.82, 2.24) is 15.6 Å². The summed E-state index contributed by atoms with van der Waals surface area (Å²) < 4.78 is 12.8. The van der Waals surface area contributed by atoms with E-state index in [4.69, 9.17) is 5.84 Å². The topological polar surface area (TPSA) is 141 Å². The highest BCUT2D eigenvalue weighted by Crippen LogP contribution is 2.23. The van der Waals surface area contributed by atoms with Crippen molar-refractivity contribution < 1.29 is 19.1 Å². The Labute approximate surface area is 233 Å². The summed E-state index contributed by atoms with van der Waals surface area (Å²) in [6.07, 6.45) is 12.5. The van der Waals surface area contributed by atoms with Crippen LogP contribution >= 0.6 is 0 Å². The predicted octanol–water partition coefficient (Wildman–Crippen LogP) is 3.06.